The lowest BCUT2D eigenvalue weighted by Gasteiger charge is -2.36. The van der Waals surface area contributed by atoms with E-state index in [4.69, 9.17) is 17.3 Å². The van der Waals surface area contributed by atoms with E-state index in [-0.39, 0.29) is 18.0 Å². The Labute approximate surface area is 113 Å². The van der Waals surface area contributed by atoms with Crippen LogP contribution in [0, 0.1) is 6.92 Å². The van der Waals surface area contributed by atoms with Crippen LogP contribution in [0.1, 0.15) is 35.7 Å². The number of amides is 1. The number of nitrogens with two attached hydrogens (primary N) is 1. The average molecular weight is 267 g/mol. The maximum Gasteiger partial charge on any atom is 0.255 e. The molecule has 0 aliphatic carbocycles. The fourth-order valence-electron chi connectivity index (χ4n) is 2.48. The van der Waals surface area contributed by atoms with Crippen LogP contribution < -0.4 is 5.73 Å². The predicted octanol–water partition coefficient (Wildman–Crippen LogP) is 2.60. The van der Waals surface area contributed by atoms with E-state index in [1.54, 1.807) is 6.07 Å². The number of hydrogen-bond acceptors (Lipinski definition) is 2. The highest BCUT2D eigenvalue weighted by atomic mass is 35.5. The number of carbonyl (C=O) groups is 1. The summed E-state index contributed by atoms with van der Waals surface area (Å²) in [5, 5.41) is 0.560. The highest BCUT2D eigenvalue weighted by Crippen LogP contribution is 2.25. The van der Waals surface area contributed by atoms with Crippen LogP contribution in [0.2, 0.25) is 5.02 Å². The third-order valence-electron chi connectivity index (χ3n) is 3.60. The predicted molar refractivity (Wildman–Crippen MR) is 73.9 cm³/mol. The maximum atomic E-state index is 12.5. The number of carbonyl (C=O) groups excluding carboxylic acids is 1. The van der Waals surface area contributed by atoms with E-state index in [0.717, 1.165) is 18.4 Å². The molecule has 1 saturated heterocycles. The van der Waals surface area contributed by atoms with Gasteiger partial charge >= 0.3 is 0 Å². The molecule has 18 heavy (non-hydrogen) atoms. The highest BCUT2D eigenvalue weighted by molar-refractivity contribution is 6.34. The molecule has 1 amide bonds. The van der Waals surface area contributed by atoms with Gasteiger partial charge in [-0.15, -0.1) is 0 Å². The molecule has 1 aromatic carbocycles. The van der Waals surface area contributed by atoms with Gasteiger partial charge < -0.3 is 10.6 Å². The van der Waals surface area contributed by atoms with Gasteiger partial charge in [0.1, 0.15) is 0 Å². The van der Waals surface area contributed by atoms with E-state index < -0.39 is 0 Å². The van der Waals surface area contributed by atoms with Gasteiger partial charge in [-0.25, -0.2) is 0 Å². The molecule has 0 bridgehead atoms. The van der Waals surface area contributed by atoms with E-state index in [1.165, 1.54) is 0 Å². The van der Waals surface area contributed by atoms with Crippen LogP contribution in [0.25, 0.3) is 0 Å². The van der Waals surface area contributed by atoms with Crippen LogP contribution in [0.3, 0.4) is 0 Å². The molecule has 1 aliphatic rings. The van der Waals surface area contributed by atoms with Crippen molar-refractivity contribution in [2.24, 2.45) is 5.73 Å². The minimum absolute atomic E-state index is 0.0168. The minimum atomic E-state index is 0.0168. The Balaban J connectivity index is 2.23. The molecule has 1 aromatic rings. The van der Waals surface area contributed by atoms with E-state index in [9.17, 15) is 4.79 Å². The molecule has 98 valence electrons. The van der Waals surface area contributed by atoms with Gasteiger partial charge in [-0.05, 0) is 38.3 Å². The Bertz CT molecular complexity index is 461. The number of rotatable bonds is 1. The van der Waals surface area contributed by atoms with Crippen LogP contribution in [-0.2, 0) is 0 Å². The molecule has 0 saturated carbocycles. The molecule has 1 aliphatic heterocycles. The van der Waals surface area contributed by atoms with Gasteiger partial charge in [0.25, 0.3) is 5.91 Å². The van der Waals surface area contributed by atoms with Crippen molar-refractivity contribution in [3.8, 4) is 0 Å². The average Bonchev–Trinajstić information content (AvgIpc) is 2.32. The lowest BCUT2D eigenvalue weighted by Crippen LogP contribution is -2.48. The summed E-state index contributed by atoms with van der Waals surface area (Å²) in [5.74, 6) is 0.0168. The van der Waals surface area contributed by atoms with Crippen molar-refractivity contribution in [2.45, 2.75) is 38.8 Å². The Hall–Kier alpha value is -1.06. The zero-order valence-electron chi connectivity index (χ0n) is 10.8. The third-order valence-corrected chi connectivity index (χ3v) is 4.10. The molecule has 2 rings (SSSR count). The summed E-state index contributed by atoms with van der Waals surface area (Å²) in [6, 6.07) is 5.96. The Morgan fingerprint density at radius 3 is 2.89 bits per heavy atom. The van der Waals surface area contributed by atoms with Crippen LogP contribution >= 0.6 is 11.6 Å². The Morgan fingerprint density at radius 2 is 2.22 bits per heavy atom. The van der Waals surface area contributed by atoms with Crippen molar-refractivity contribution in [1.82, 2.24) is 4.90 Å². The number of benzene rings is 1. The van der Waals surface area contributed by atoms with Crippen LogP contribution in [-0.4, -0.2) is 29.4 Å². The monoisotopic (exact) mass is 266 g/mol. The minimum Gasteiger partial charge on any atom is -0.336 e. The summed E-state index contributed by atoms with van der Waals surface area (Å²) < 4.78 is 0. The van der Waals surface area contributed by atoms with Crippen molar-refractivity contribution in [3.05, 3.63) is 34.3 Å². The van der Waals surface area contributed by atoms with Crippen LogP contribution in [0.4, 0.5) is 0 Å². The molecular weight excluding hydrogens is 248 g/mol. The number of piperidine rings is 1. The zero-order chi connectivity index (χ0) is 13.3. The second-order valence-electron chi connectivity index (χ2n) is 5.07. The molecule has 2 N–H and O–H groups in total. The van der Waals surface area contributed by atoms with Crippen molar-refractivity contribution in [2.75, 3.05) is 6.54 Å². The second-order valence-corrected chi connectivity index (χ2v) is 5.45. The summed E-state index contributed by atoms with van der Waals surface area (Å²) in [5.41, 5.74) is 7.45. The Morgan fingerprint density at radius 1 is 1.50 bits per heavy atom. The first-order valence-electron chi connectivity index (χ1n) is 6.32. The largest absolute Gasteiger partial charge is 0.336 e. The fourth-order valence-corrected chi connectivity index (χ4v) is 2.68. The van der Waals surface area contributed by atoms with Gasteiger partial charge in [0.05, 0.1) is 10.6 Å². The summed E-state index contributed by atoms with van der Waals surface area (Å²) >= 11 is 6.21. The SMILES string of the molecule is Cc1cccc(C(=O)N2CCC(N)CC2C)c1Cl. The number of nitrogens with zero attached hydrogens (tertiary/aromatic N) is 1. The van der Waals surface area contributed by atoms with Crippen molar-refractivity contribution in [1.29, 1.82) is 0 Å². The van der Waals surface area contributed by atoms with Crippen molar-refractivity contribution < 1.29 is 4.79 Å². The Kier molecular flexibility index (Phi) is 3.93. The zero-order valence-corrected chi connectivity index (χ0v) is 11.6. The van der Waals surface area contributed by atoms with Crippen LogP contribution in [0.5, 0.6) is 0 Å². The molecular formula is C14H19ClN2O. The van der Waals surface area contributed by atoms with E-state index in [0.29, 0.717) is 17.1 Å². The van der Waals surface area contributed by atoms with Gasteiger partial charge in [-0.2, -0.15) is 0 Å². The lowest BCUT2D eigenvalue weighted by atomic mass is 9.98. The topological polar surface area (TPSA) is 46.3 Å². The van der Waals surface area contributed by atoms with Crippen LogP contribution in [0.15, 0.2) is 18.2 Å². The molecule has 1 fully saturated rings. The molecule has 0 spiro atoms. The summed E-state index contributed by atoms with van der Waals surface area (Å²) in [6.45, 7) is 4.67. The first kappa shape index (κ1) is 13.4. The van der Waals surface area contributed by atoms with Crippen molar-refractivity contribution >= 4 is 17.5 Å². The fraction of sp³-hybridized carbons (Fsp3) is 0.500. The molecule has 3 nitrogen and oxygen atoms in total. The van der Waals surface area contributed by atoms with E-state index >= 15 is 0 Å². The van der Waals surface area contributed by atoms with Gasteiger partial charge in [0.2, 0.25) is 0 Å². The summed E-state index contributed by atoms with van der Waals surface area (Å²) in [7, 11) is 0. The summed E-state index contributed by atoms with van der Waals surface area (Å²) in [4.78, 5) is 14.4. The highest BCUT2D eigenvalue weighted by Gasteiger charge is 2.28. The molecule has 0 radical (unpaired) electrons. The van der Waals surface area contributed by atoms with Gasteiger partial charge in [-0.1, -0.05) is 23.7 Å². The third kappa shape index (κ3) is 2.52. The molecule has 1 heterocycles. The molecule has 2 unspecified atom stereocenters. The quantitative estimate of drug-likeness (QED) is 0.849. The summed E-state index contributed by atoms with van der Waals surface area (Å²) in [6.07, 6.45) is 1.72. The van der Waals surface area contributed by atoms with E-state index in [1.807, 2.05) is 30.9 Å². The lowest BCUT2D eigenvalue weighted by molar-refractivity contribution is 0.0619. The number of aryl methyl sites for hydroxylation is 1. The molecule has 0 aromatic heterocycles. The number of likely N-dealkylation sites (tertiary alicyclic amines) is 1. The first-order chi connectivity index (χ1) is 8.50. The van der Waals surface area contributed by atoms with E-state index in [2.05, 4.69) is 0 Å². The van der Waals surface area contributed by atoms with Gasteiger partial charge in [0.15, 0.2) is 0 Å². The first-order valence-corrected chi connectivity index (χ1v) is 6.70. The number of halogens is 1. The smallest absolute Gasteiger partial charge is 0.255 e. The normalized spacial score (nSPS) is 24.1. The van der Waals surface area contributed by atoms with Gasteiger partial charge in [-0.3, -0.25) is 4.79 Å². The molecule has 4 heteroatoms. The number of hydrogen-bond donors (Lipinski definition) is 1. The molecule has 2 atom stereocenters. The standard InChI is InChI=1S/C14H19ClN2O/c1-9-4-3-5-12(13(9)15)14(18)17-7-6-11(16)8-10(17)2/h3-5,10-11H,6-8,16H2,1-2H3. The van der Waals surface area contributed by atoms with Crippen molar-refractivity contribution in [3.63, 3.8) is 0 Å². The maximum absolute atomic E-state index is 12.5. The second kappa shape index (κ2) is 5.29. The van der Waals surface area contributed by atoms with Gasteiger partial charge in [0, 0.05) is 18.6 Å².